The van der Waals surface area contributed by atoms with E-state index in [1.165, 1.54) is 43.9 Å². The third-order valence-electron chi connectivity index (χ3n) is 2.79. The van der Waals surface area contributed by atoms with Crippen molar-refractivity contribution >= 4 is 26.1 Å². The third kappa shape index (κ3) is 3.25. The summed E-state index contributed by atoms with van der Waals surface area (Å²) in [6.07, 6.45) is 5.27. The highest BCUT2D eigenvalue weighted by molar-refractivity contribution is 6.52. The number of hydrogen-bond acceptors (Lipinski definition) is 0. The van der Waals surface area contributed by atoms with Gasteiger partial charge in [-0.15, -0.1) is 0 Å². The molecular formula is C12H20B2. The van der Waals surface area contributed by atoms with Crippen molar-refractivity contribution in [1.29, 1.82) is 0 Å². The molecule has 0 fully saturated rings. The molecule has 1 rings (SSSR count). The van der Waals surface area contributed by atoms with Gasteiger partial charge in [0.05, 0.1) is 0 Å². The Morgan fingerprint density at radius 3 is 2.71 bits per heavy atom. The Morgan fingerprint density at radius 1 is 1.29 bits per heavy atom. The minimum absolute atomic E-state index is 1.17. The molecule has 0 nitrogen and oxygen atoms in total. The van der Waals surface area contributed by atoms with Crippen LogP contribution in [0.4, 0.5) is 0 Å². The van der Waals surface area contributed by atoms with Crippen LogP contribution in [0, 0.1) is 0 Å². The normalized spacial score (nSPS) is 10.1. The van der Waals surface area contributed by atoms with Gasteiger partial charge in [0, 0.05) is 0 Å². The van der Waals surface area contributed by atoms with Gasteiger partial charge >= 0.3 is 0 Å². The largest absolute Gasteiger partial charge is 0.154 e. The summed E-state index contributed by atoms with van der Waals surface area (Å²) in [6, 6.07) is 6.87. The zero-order valence-corrected chi connectivity index (χ0v) is 9.77. The molecule has 0 saturated heterocycles. The second kappa shape index (κ2) is 5.95. The molecule has 2 heteroatoms. The van der Waals surface area contributed by atoms with E-state index in [1.807, 2.05) is 0 Å². The molecule has 74 valence electrons. The lowest BCUT2D eigenvalue weighted by atomic mass is 9.69. The fraction of sp³-hybridized carbons (Fsp3) is 0.500. The van der Waals surface area contributed by atoms with E-state index in [0.717, 1.165) is 0 Å². The number of rotatable bonds is 5. The first-order valence-corrected chi connectivity index (χ1v) is 5.86. The van der Waals surface area contributed by atoms with E-state index in [0.29, 0.717) is 0 Å². The van der Waals surface area contributed by atoms with Gasteiger partial charge in [-0.1, -0.05) is 61.3 Å². The zero-order chi connectivity index (χ0) is 10.4. The minimum Gasteiger partial charge on any atom is -0.0887 e. The van der Waals surface area contributed by atoms with Crippen LogP contribution in [-0.4, -0.2) is 15.1 Å². The molecule has 0 heterocycles. The highest BCUT2D eigenvalue weighted by Crippen LogP contribution is 2.03. The van der Waals surface area contributed by atoms with Crippen molar-refractivity contribution in [2.45, 2.75) is 39.4 Å². The monoisotopic (exact) mass is 186 g/mol. The molecule has 0 N–H and O–H groups in total. The maximum atomic E-state index is 2.36. The van der Waals surface area contributed by atoms with Crippen LogP contribution in [0.5, 0.6) is 0 Å². The molecule has 0 radical (unpaired) electrons. The first-order chi connectivity index (χ1) is 6.77. The maximum absolute atomic E-state index is 2.36. The molecular weight excluding hydrogens is 166 g/mol. The smallest absolute Gasteiger partial charge is 0.0887 e. The van der Waals surface area contributed by atoms with Gasteiger partial charge in [0.15, 0.2) is 7.28 Å². The molecule has 0 aliphatic rings. The van der Waals surface area contributed by atoms with E-state index in [1.54, 1.807) is 5.56 Å². The lowest BCUT2D eigenvalue weighted by Gasteiger charge is -2.08. The molecule has 1 aromatic carbocycles. The molecule has 0 aliphatic carbocycles. The molecule has 1 aromatic rings. The molecule has 0 aliphatic heterocycles. The highest BCUT2D eigenvalue weighted by Gasteiger charge is 2.00. The zero-order valence-electron chi connectivity index (χ0n) is 9.77. The van der Waals surface area contributed by atoms with Crippen LogP contribution in [0.15, 0.2) is 18.2 Å². The second-order valence-corrected chi connectivity index (χ2v) is 4.08. The molecule has 0 aromatic heterocycles. The van der Waals surface area contributed by atoms with Gasteiger partial charge in [-0.3, -0.25) is 0 Å². The Balaban J connectivity index is 2.67. The van der Waals surface area contributed by atoms with E-state index in [4.69, 9.17) is 0 Å². The summed E-state index contributed by atoms with van der Waals surface area (Å²) in [4.78, 5) is 0. The quantitative estimate of drug-likeness (QED) is 0.470. The predicted molar refractivity (Wildman–Crippen MR) is 70.5 cm³/mol. The molecule has 0 spiro atoms. The van der Waals surface area contributed by atoms with E-state index in [-0.39, 0.29) is 0 Å². The number of unbranched alkanes of at least 4 members (excludes halogenated alkanes) is 2. The van der Waals surface area contributed by atoms with E-state index in [2.05, 4.69) is 39.8 Å². The summed E-state index contributed by atoms with van der Waals surface area (Å²) in [5, 5.41) is 0. The molecule has 0 unspecified atom stereocenters. The van der Waals surface area contributed by atoms with Crippen molar-refractivity contribution in [3.05, 3.63) is 23.8 Å². The van der Waals surface area contributed by atoms with Gasteiger partial charge in [-0.2, -0.15) is 0 Å². The maximum Gasteiger partial charge on any atom is 0.154 e. The van der Waals surface area contributed by atoms with Crippen LogP contribution < -0.4 is 10.9 Å². The van der Waals surface area contributed by atoms with Crippen LogP contribution in [0.2, 0.25) is 6.82 Å². The SMILES string of the molecule is Bc1ccc(BC)c(CCCCC)c1. The fourth-order valence-electron chi connectivity index (χ4n) is 1.90. The first kappa shape index (κ1) is 11.4. The number of benzene rings is 1. The Hall–Kier alpha value is -0.650. The summed E-state index contributed by atoms with van der Waals surface area (Å²) in [6.45, 7) is 4.50. The van der Waals surface area contributed by atoms with Crippen molar-refractivity contribution in [3.8, 4) is 0 Å². The molecule has 0 atom stereocenters. The second-order valence-electron chi connectivity index (χ2n) is 4.08. The van der Waals surface area contributed by atoms with Gasteiger partial charge in [-0.05, 0) is 12.8 Å². The minimum atomic E-state index is 1.17. The van der Waals surface area contributed by atoms with Crippen molar-refractivity contribution in [1.82, 2.24) is 0 Å². The molecule has 0 amide bonds. The van der Waals surface area contributed by atoms with Crippen molar-refractivity contribution in [3.63, 3.8) is 0 Å². The topological polar surface area (TPSA) is 0 Å². The summed E-state index contributed by atoms with van der Waals surface area (Å²) < 4.78 is 0. The Labute approximate surface area is 89.8 Å². The third-order valence-corrected chi connectivity index (χ3v) is 2.79. The standard InChI is InChI=1S/C12H20B2/c1-3-4-5-6-10-9-11(13)7-8-12(10)14-2/h7-9,14H,3-6,13H2,1-2H3. The molecule has 0 saturated carbocycles. The van der Waals surface area contributed by atoms with Gasteiger partial charge < -0.3 is 0 Å². The lowest BCUT2D eigenvalue weighted by Crippen LogP contribution is -2.20. The van der Waals surface area contributed by atoms with E-state index < -0.39 is 0 Å². The van der Waals surface area contributed by atoms with E-state index in [9.17, 15) is 0 Å². The van der Waals surface area contributed by atoms with Gasteiger partial charge in [0.1, 0.15) is 7.85 Å². The summed E-state index contributed by atoms with van der Waals surface area (Å²) in [7, 11) is 3.35. The highest BCUT2D eigenvalue weighted by atomic mass is 14.0. The van der Waals surface area contributed by atoms with Crippen LogP contribution >= 0.6 is 0 Å². The summed E-state index contributed by atoms with van der Waals surface area (Å²) in [5.41, 5.74) is 4.50. The van der Waals surface area contributed by atoms with Crippen molar-refractivity contribution in [2.75, 3.05) is 0 Å². The first-order valence-electron chi connectivity index (χ1n) is 5.86. The van der Waals surface area contributed by atoms with Gasteiger partial charge in [0.25, 0.3) is 0 Å². The summed E-state index contributed by atoms with van der Waals surface area (Å²) >= 11 is 0. The average molecular weight is 186 g/mol. The Bertz CT molecular complexity index is 282. The Kier molecular flexibility index (Phi) is 4.86. The molecule has 0 bridgehead atoms. The summed E-state index contributed by atoms with van der Waals surface area (Å²) in [5.74, 6) is 0. The average Bonchev–Trinajstić information content (AvgIpc) is 2.19. The van der Waals surface area contributed by atoms with Crippen LogP contribution in [0.25, 0.3) is 0 Å². The van der Waals surface area contributed by atoms with Crippen LogP contribution in [0.3, 0.4) is 0 Å². The predicted octanol–water partition coefficient (Wildman–Crippen LogP) is 0.788. The van der Waals surface area contributed by atoms with Crippen molar-refractivity contribution < 1.29 is 0 Å². The van der Waals surface area contributed by atoms with E-state index >= 15 is 0 Å². The fourth-order valence-corrected chi connectivity index (χ4v) is 1.90. The molecule has 14 heavy (non-hydrogen) atoms. The van der Waals surface area contributed by atoms with Crippen LogP contribution in [0.1, 0.15) is 31.7 Å². The number of aryl methyl sites for hydroxylation is 1. The van der Waals surface area contributed by atoms with Gasteiger partial charge in [0.2, 0.25) is 0 Å². The number of hydrogen-bond donors (Lipinski definition) is 0. The van der Waals surface area contributed by atoms with Gasteiger partial charge in [-0.25, -0.2) is 0 Å². The van der Waals surface area contributed by atoms with Crippen LogP contribution in [-0.2, 0) is 6.42 Å². The van der Waals surface area contributed by atoms with Crippen molar-refractivity contribution in [2.24, 2.45) is 0 Å². The lowest BCUT2D eigenvalue weighted by molar-refractivity contribution is 0.719. The Morgan fingerprint density at radius 2 is 2.07 bits per heavy atom.